The zero-order valence-electron chi connectivity index (χ0n) is 15.1. The number of carbonyl (C=O) groups excluding carboxylic acids is 1. The number of carbonyl (C=O) groups is 1. The Bertz CT molecular complexity index is 778. The van der Waals surface area contributed by atoms with E-state index in [-0.39, 0.29) is 17.2 Å². The number of aryl methyl sites for hydroxylation is 2. The van der Waals surface area contributed by atoms with Crippen LogP contribution in [0, 0.1) is 23.0 Å². The van der Waals surface area contributed by atoms with Crippen molar-refractivity contribution in [2.45, 2.75) is 32.6 Å². The Kier molecular flexibility index (Phi) is 5.66. The van der Waals surface area contributed by atoms with Crippen LogP contribution in [0.3, 0.4) is 0 Å². The average Bonchev–Trinajstić information content (AvgIpc) is 2.67. The highest BCUT2D eigenvalue weighted by Gasteiger charge is 2.27. The van der Waals surface area contributed by atoms with Crippen molar-refractivity contribution in [3.05, 3.63) is 75.3 Å². The quantitative estimate of drug-likeness (QED) is 0.592. The average molecular weight is 352 g/mol. The molecule has 1 aliphatic heterocycles. The van der Waals surface area contributed by atoms with Crippen LogP contribution in [-0.4, -0.2) is 28.8 Å². The van der Waals surface area contributed by atoms with E-state index < -0.39 is 4.92 Å². The maximum absolute atomic E-state index is 12.7. The first-order valence-electron chi connectivity index (χ1n) is 9.13. The van der Waals surface area contributed by atoms with Crippen molar-refractivity contribution in [2.24, 2.45) is 5.92 Å². The standard InChI is InChI=1S/C21H24N2O3/c1-16-6-8-17(9-7-16)10-11-18-12-14-22(15-13-18)21(24)19-4-2-3-5-20(19)23(25)26/h2-9,18H,10-15H2,1H3. The lowest BCUT2D eigenvalue weighted by atomic mass is 9.90. The van der Waals surface area contributed by atoms with Crippen LogP contribution in [0.5, 0.6) is 0 Å². The van der Waals surface area contributed by atoms with Gasteiger partial charge in [-0.25, -0.2) is 0 Å². The summed E-state index contributed by atoms with van der Waals surface area (Å²) in [4.78, 5) is 25.1. The Balaban J connectivity index is 1.54. The van der Waals surface area contributed by atoms with E-state index in [9.17, 15) is 14.9 Å². The lowest BCUT2D eigenvalue weighted by molar-refractivity contribution is -0.385. The molecule has 0 spiro atoms. The Morgan fingerprint density at radius 1 is 1.12 bits per heavy atom. The van der Waals surface area contributed by atoms with Crippen LogP contribution in [0.2, 0.25) is 0 Å². The summed E-state index contributed by atoms with van der Waals surface area (Å²) in [6.07, 6.45) is 4.09. The molecule has 5 heteroatoms. The summed E-state index contributed by atoms with van der Waals surface area (Å²) in [6.45, 7) is 3.43. The van der Waals surface area contributed by atoms with E-state index in [0.717, 1.165) is 25.7 Å². The van der Waals surface area contributed by atoms with Gasteiger partial charge >= 0.3 is 0 Å². The van der Waals surface area contributed by atoms with Gasteiger partial charge in [0.25, 0.3) is 11.6 Å². The number of amides is 1. The molecule has 1 fully saturated rings. The second-order valence-corrected chi connectivity index (χ2v) is 7.03. The summed E-state index contributed by atoms with van der Waals surface area (Å²) >= 11 is 0. The Morgan fingerprint density at radius 3 is 2.42 bits per heavy atom. The highest BCUT2D eigenvalue weighted by atomic mass is 16.6. The zero-order chi connectivity index (χ0) is 18.5. The zero-order valence-corrected chi connectivity index (χ0v) is 15.1. The molecular weight excluding hydrogens is 328 g/mol. The molecule has 0 atom stereocenters. The largest absolute Gasteiger partial charge is 0.338 e. The first kappa shape index (κ1) is 18.1. The normalized spacial score (nSPS) is 15.0. The summed E-state index contributed by atoms with van der Waals surface area (Å²) in [7, 11) is 0. The summed E-state index contributed by atoms with van der Waals surface area (Å²) in [6, 6.07) is 14.9. The third kappa shape index (κ3) is 4.28. The van der Waals surface area contributed by atoms with E-state index in [1.807, 2.05) is 0 Å². The molecule has 2 aromatic carbocycles. The predicted molar refractivity (Wildman–Crippen MR) is 101 cm³/mol. The van der Waals surface area contributed by atoms with Crippen molar-refractivity contribution >= 4 is 11.6 Å². The molecule has 0 N–H and O–H groups in total. The number of hydrogen-bond donors (Lipinski definition) is 0. The minimum Gasteiger partial charge on any atom is -0.338 e. The lowest BCUT2D eigenvalue weighted by Gasteiger charge is -2.32. The first-order chi connectivity index (χ1) is 12.5. The molecule has 26 heavy (non-hydrogen) atoms. The van der Waals surface area contributed by atoms with Crippen LogP contribution in [0.25, 0.3) is 0 Å². The van der Waals surface area contributed by atoms with E-state index in [2.05, 4.69) is 31.2 Å². The predicted octanol–water partition coefficient (Wildman–Crippen LogP) is 4.39. The van der Waals surface area contributed by atoms with Gasteiger partial charge in [-0.15, -0.1) is 0 Å². The molecule has 0 aromatic heterocycles. The Labute approximate surface area is 153 Å². The van der Waals surface area contributed by atoms with E-state index in [4.69, 9.17) is 0 Å². The smallest absolute Gasteiger partial charge is 0.282 e. The van der Waals surface area contributed by atoms with Gasteiger partial charge in [0.2, 0.25) is 0 Å². The monoisotopic (exact) mass is 352 g/mol. The van der Waals surface area contributed by atoms with Gasteiger partial charge in [-0.3, -0.25) is 14.9 Å². The molecule has 0 bridgehead atoms. The lowest BCUT2D eigenvalue weighted by Crippen LogP contribution is -2.38. The number of rotatable bonds is 5. The second kappa shape index (κ2) is 8.13. The van der Waals surface area contributed by atoms with Crippen LogP contribution >= 0.6 is 0 Å². The van der Waals surface area contributed by atoms with E-state index in [0.29, 0.717) is 19.0 Å². The van der Waals surface area contributed by atoms with Crippen LogP contribution in [0.1, 0.15) is 40.7 Å². The molecule has 136 valence electrons. The minimum absolute atomic E-state index is 0.112. The number of nitro benzene ring substituents is 1. The molecule has 5 nitrogen and oxygen atoms in total. The van der Waals surface area contributed by atoms with Crippen LogP contribution in [0.4, 0.5) is 5.69 Å². The molecule has 2 aromatic rings. The van der Waals surface area contributed by atoms with Crippen molar-refractivity contribution in [3.63, 3.8) is 0 Å². The Morgan fingerprint density at radius 2 is 1.77 bits per heavy atom. The molecular formula is C21H24N2O3. The summed E-state index contributed by atoms with van der Waals surface area (Å²) in [5.74, 6) is 0.375. The molecule has 3 rings (SSSR count). The van der Waals surface area contributed by atoms with Crippen molar-refractivity contribution < 1.29 is 9.72 Å². The van der Waals surface area contributed by atoms with Gasteiger partial charge < -0.3 is 4.90 Å². The SMILES string of the molecule is Cc1ccc(CCC2CCN(C(=O)c3ccccc3[N+](=O)[O-])CC2)cc1. The highest BCUT2D eigenvalue weighted by Crippen LogP contribution is 2.26. The molecule has 1 saturated heterocycles. The molecule has 1 amide bonds. The summed E-state index contributed by atoms with van der Waals surface area (Å²) in [5, 5.41) is 11.1. The van der Waals surface area contributed by atoms with Crippen molar-refractivity contribution in [1.82, 2.24) is 4.90 Å². The first-order valence-corrected chi connectivity index (χ1v) is 9.13. The van der Waals surface area contributed by atoms with Gasteiger partial charge in [-0.1, -0.05) is 42.0 Å². The van der Waals surface area contributed by atoms with Gasteiger partial charge in [-0.2, -0.15) is 0 Å². The number of nitro groups is 1. The molecule has 0 radical (unpaired) electrons. The van der Waals surface area contributed by atoms with Gasteiger partial charge in [0.05, 0.1) is 4.92 Å². The number of piperidine rings is 1. The number of hydrogen-bond acceptors (Lipinski definition) is 3. The maximum Gasteiger partial charge on any atom is 0.282 e. The third-order valence-electron chi connectivity index (χ3n) is 5.19. The molecule has 0 saturated carbocycles. The van der Waals surface area contributed by atoms with Crippen molar-refractivity contribution in [1.29, 1.82) is 0 Å². The highest BCUT2D eigenvalue weighted by molar-refractivity contribution is 5.98. The summed E-state index contributed by atoms with van der Waals surface area (Å²) < 4.78 is 0. The topological polar surface area (TPSA) is 63.5 Å². The van der Waals surface area contributed by atoms with E-state index in [1.165, 1.54) is 17.2 Å². The molecule has 0 aliphatic carbocycles. The third-order valence-corrected chi connectivity index (χ3v) is 5.19. The maximum atomic E-state index is 12.7. The fourth-order valence-electron chi connectivity index (χ4n) is 3.53. The van der Waals surface area contributed by atoms with Gasteiger partial charge in [0, 0.05) is 19.2 Å². The number of para-hydroxylation sites is 1. The fourth-order valence-corrected chi connectivity index (χ4v) is 3.53. The van der Waals surface area contributed by atoms with E-state index in [1.54, 1.807) is 23.1 Å². The van der Waals surface area contributed by atoms with Gasteiger partial charge in [0.15, 0.2) is 0 Å². The fraction of sp³-hybridized carbons (Fsp3) is 0.381. The second-order valence-electron chi connectivity index (χ2n) is 7.03. The molecule has 1 heterocycles. The van der Waals surface area contributed by atoms with E-state index >= 15 is 0 Å². The van der Waals surface area contributed by atoms with Crippen molar-refractivity contribution in [2.75, 3.05) is 13.1 Å². The van der Waals surface area contributed by atoms with Crippen molar-refractivity contribution in [3.8, 4) is 0 Å². The van der Waals surface area contributed by atoms with Gasteiger partial charge in [-0.05, 0) is 50.2 Å². The minimum atomic E-state index is -0.485. The number of likely N-dealkylation sites (tertiary alicyclic amines) is 1. The number of nitrogens with zero attached hydrogens (tertiary/aromatic N) is 2. The number of benzene rings is 2. The van der Waals surface area contributed by atoms with Crippen LogP contribution in [0.15, 0.2) is 48.5 Å². The van der Waals surface area contributed by atoms with Crippen LogP contribution in [-0.2, 0) is 6.42 Å². The van der Waals surface area contributed by atoms with Crippen LogP contribution < -0.4 is 0 Å². The van der Waals surface area contributed by atoms with Gasteiger partial charge in [0.1, 0.15) is 5.56 Å². The summed E-state index contributed by atoms with van der Waals surface area (Å²) in [5.41, 5.74) is 2.71. The Hall–Kier alpha value is -2.69. The molecule has 0 unspecified atom stereocenters. The molecule has 1 aliphatic rings.